The molecular weight excluding hydrogens is 386 g/mol. The molecule has 0 amide bonds. The third kappa shape index (κ3) is 2.99. The fourth-order valence-electron chi connectivity index (χ4n) is 5.32. The van der Waals surface area contributed by atoms with Crippen LogP contribution in [0.5, 0.6) is 0 Å². The highest BCUT2D eigenvalue weighted by molar-refractivity contribution is 7.90. The van der Waals surface area contributed by atoms with Gasteiger partial charge in [-0.15, -0.1) is 0 Å². The number of fused-ring (bicyclic) bond motifs is 2. The Morgan fingerprint density at radius 3 is 2.59 bits per heavy atom. The molecule has 27 heavy (non-hydrogen) atoms. The van der Waals surface area contributed by atoms with Gasteiger partial charge in [-0.1, -0.05) is 30.9 Å². The number of rotatable bonds is 4. The number of sulfonamides is 1. The molecule has 3 N–H and O–H groups in total. The average Bonchev–Trinajstić information content (AvgIpc) is 3.02. The third-order valence-electron chi connectivity index (χ3n) is 6.79. The minimum atomic E-state index is -3.26. The van der Waals surface area contributed by atoms with Crippen molar-refractivity contribution in [1.29, 1.82) is 0 Å². The predicted molar refractivity (Wildman–Crippen MR) is 104 cm³/mol. The zero-order valence-corrected chi connectivity index (χ0v) is 16.6. The molecule has 5 rings (SSSR count). The van der Waals surface area contributed by atoms with Gasteiger partial charge < -0.3 is 5.11 Å². The van der Waals surface area contributed by atoms with Crippen molar-refractivity contribution < 1.29 is 13.5 Å². The molecule has 4 atom stereocenters. The van der Waals surface area contributed by atoms with E-state index in [0.717, 1.165) is 48.6 Å². The normalized spacial score (nSPS) is 34.1. The standard InChI is InChI=1S/C19H24ClN3O3S/c20-11-6-16(15-10-21-22-17(15)7-11)19(24)8-13-14(9-19)18(13)23-27(25,26)12-4-2-1-3-5-12/h6-7,10,12-14,18,23-24H,1-5,8-9H2,(H,21,22)/t13-,14+,18+,19-. The summed E-state index contributed by atoms with van der Waals surface area (Å²) in [5.74, 6) is 0.378. The molecule has 0 spiro atoms. The summed E-state index contributed by atoms with van der Waals surface area (Å²) in [4.78, 5) is 0. The maximum atomic E-state index is 12.7. The van der Waals surface area contributed by atoms with Crippen LogP contribution in [0, 0.1) is 11.8 Å². The minimum Gasteiger partial charge on any atom is -0.385 e. The van der Waals surface area contributed by atoms with Crippen molar-refractivity contribution >= 4 is 32.5 Å². The van der Waals surface area contributed by atoms with E-state index in [1.54, 1.807) is 12.3 Å². The molecule has 0 unspecified atom stereocenters. The molecule has 0 aliphatic heterocycles. The van der Waals surface area contributed by atoms with Gasteiger partial charge in [0.1, 0.15) is 0 Å². The van der Waals surface area contributed by atoms with Crippen molar-refractivity contribution in [2.24, 2.45) is 11.8 Å². The van der Waals surface area contributed by atoms with Crippen LogP contribution in [0.15, 0.2) is 18.3 Å². The number of benzene rings is 1. The largest absolute Gasteiger partial charge is 0.385 e. The summed E-state index contributed by atoms with van der Waals surface area (Å²) >= 11 is 6.22. The first-order valence-corrected chi connectivity index (χ1v) is 11.7. The molecule has 2 aromatic rings. The maximum absolute atomic E-state index is 12.7. The van der Waals surface area contributed by atoms with Gasteiger partial charge in [-0.3, -0.25) is 5.10 Å². The number of nitrogens with zero attached hydrogens (tertiary/aromatic N) is 1. The second kappa shape index (κ2) is 6.17. The monoisotopic (exact) mass is 409 g/mol. The summed E-state index contributed by atoms with van der Waals surface area (Å²) < 4.78 is 28.3. The van der Waals surface area contributed by atoms with E-state index in [1.807, 2.05) is 6.07 Å². The Bertz CT molecular complexity index is 971. The Hall–Kier alpha value is -1.15. The average molecular weight is 410 g/mol. The number of aromatic nitrogens is 2. The Morgan fingerprint density at radius 2 is 1.89 bits per heavy atom. The van der Waals surface area contributed by atoms with E-state index >= 15 is 0 Å². The lowest BCUT2D eigenvalue weighted by Crippen LogP contribution is -2.39. The SMILES string of the molecule is O=S(=O)(N[C@H]1[C@@H]2C[C@](O)(c3cc(Cl)cc4[nH]ncc34)C[C@@H]21)C1CCCCC1. The lowest BCUT2D eigenvalue weighted by molar-refractivity contribution is 0.0303. The van der Waals surface area contributed by atoms with Crippen molar-refractivity contribution in [1.82, 2.24) is 14.9 Å². The first-order chi connectivity index (χ1) is 12.9. The van der Waals surface area contributed by atoms with Gasteiger partial charge in [-0.2, -0.15) is 5.10 Å². The van der Waals surface area contributed by atoms with Gasteiger partial charge >= 0.3 is 0 Å². The molecule has 1 aromatic carbocycles. The molecule has 0 saturated heterocycles. The van der Waals surface area contributed by atoms with Crippen molar-refractivity contribution in [3.05, 3.63) is 28.9 Å². The first kappa shape index (κ1) is 17.9. The van der Waals surface area contributed by atoms with Crippen molar-refractivity contribution in [2.45, 2.75) is 61.8 Å². The second-order valence-electron chi connectivity index (χ2n) is 8.50. The number of H-pyrrole nitrogens is 1. The summed E-state index contributed by atoms with van der Waals surface area (Å²) in [6, 6.07) is 3.58. The molecule has 6 nitrogen and oxygen atoms in total. The predicted octanol–water partition coefficient (Wildman–Crippen LogP) is 3.06. The fraction of sp³-hybridized carbons (Fsp3) is 0.632. The van der Waals surface area contributed by atoms with E-state index in [4.69, 9.17) is 11.6 Å². The lowest BCUT2D eigenvalue weighted by Gasteiger charge is -2.28. The van der Waals surface area contributed by atoms with E-state index in [1.165, 1.54) is 0 Å². The Morgan fingerprint density at radius 1 is 1.19 bits per heavy atom. The highest BCUT2D eigenvalue weighted by atomic mass is 35.5. The van der Waals surface area contributed by atoms with E-state index in [-0.39, 0.29) is 23.1 Å². The van der Waals surface area contributed by atoms with E-state index < -0.39 is 15.6 Å². The van der Waals surface area contributed by atoms with Gasteiger partial charge in [0.2, 0.25) is 10.0 Å². The maximum Gasteiger partial charge on any atom is 0.214 e. The van der Waals surface area contributed by atoms with Crippen LogP contribution in [0.4, 0.5) is 0 Å². The van der Waals surface area contributed by atoms with Crippen LogP contribution < -0.4 is 4.72 Å². The molecule has 1 heterocycles. The second-order valence-corrected chi connectivity index (χ2v) is 10.9. The van der Waals surface area contributed by atoms with Gasteiger partial charge in [-0.25, -0.2) is 13.1 Å². The van der Waals surface area contributed by atoms with Gasteiger partial charge in [0.25, 0.3) is 0 Å². The molecular formula is C19H24ClN3O3S. The Balaban J connectivity index is 1.32. The fourth-order valence-corrected chi connectivity index (χ4v) is 7.42. The highest BCUT2D eigenvalue weighted by Crippen LogP contribution is 2.60. The van der Waals surface area contributed by atoms with Crippen molar-refractivity contribution in [2.75, 3.05) is 0 Å². The van der Waals surface area contributed by atoms with Gasteiger partial charge in [-0.05, 0) is 55.2 Å². The lowest BCUT2D eigenvalue weighted by atomic mass is 9.86. The quantitative estimate of drug-likeness (QED) is 0.723. The Labute approximate surface area is 163 Å². The number of nitrogens with one attached hydrogen (secondary N) is 2. The van der Waals surface area contributed by atoms with Crippen molar-refractivity contribution in [3.8, 4) is 0 Å². The number of hydrogen-bond donors (Lipinski definition) is 3. The number of halogens is 1. The van der Waals surface area contributed by atoms with Crippen LogP contribution in [0.1, 0.15) is 50.5 Å². The van der Waals surface area contributed by atoms with E-state index in [9.17, 15) is 13.5 Å². The van der Waals surface area contributed by atoms with E-state index in [0.29, 0.717) is 17.9 Å². The van der Waals surface area contributed by atoms with Crippen LogP contribution in [0.3, 0.4) is 0 Å². The summed E-state index contributed by atoms with van der Waals surface area (Å²) in [6.07, 6.45) is 7.48. The van der Waals surface area contributed by atoms with Crippen LogP contribution >= 0.6 is 11.6 Å². The van der Waals surface area contributed by atoms with Crippen molar-refractivity contribution in [3.63, 3.8) is 0 Å². The van der Waals surface area contributed by atoms with Gasteiger partial charge in [0.15, 0.2) is 0 Å². The number of aromatic amines is 1. The van der Waals surface area contributed by atoms with Gasteiger partial charge in [0.05, 0.1) is 22.6 Å². The molecule has 0 radical (unpaired) electrons. The number of aliphatic hydroxyl groups is 1. The molecule has 146 valence electrons. The van der Waals surface area contributed by atoms with Crippen LogP contribution in [-0.2, 0) is 15.6 Å². The summed E-state index contributed by atoms with van der Waals surface area (Å²) in [5.41, 5.74) is 0.621. The zero-order chi connectivity index (χ0) is 18.8. The molecule has 3 fully saturated rings. The molecule has 8 heteroatoms. The first-order valence-electron chi connectivity index (χ1n) is 9.74. The zero-order valence-electron chi connectivity index (χ0n) is 15.0. The Kier molecular flexibility index (Phi) is 4.10. The number of hydrogen-bond acceptors (Lipinski definition) is 4. The van der Waals surface area contributed by atoms with Crippen LogP contribution in [0.25, 0.3) is 10.9 Å². The highest BCUT2D eigenvalue weighted by Gasteiger charge is 2.63. The molecule has 0 bridgehead atoms. The summed E-state index contributed by atoms with van der Waals surface area (Å²) in [7, 11) is -3.26. The molecule has 3 aliphatic carbocycles. The molecule has 1 aromatic heterocycles. The summed E-state index contributed by atoms with van der Waals surface area (Å²) in [5, 5.41) is 19.5. The topological polar surface area (TPSA) is 95.1 Å². The van der Waals surface area contributed by atoms with Crippen LogP contribution in [-0.4, -0.2) is 35.0 Å². The molecule has 3 aliphatic rings. The van der Waals surface area contributed by atoms with E-state index in [2.05, 4.69) is 14.9 Å². The third-order valence-corrected chi connectivity index (χ3v) is 8.96. The summed E-state index contributed by atoms with van der Waals surface area (Å²) in [6.45, 7) is 0. The minimum absolute atomic E-state index is 0.0313. The van der Waals surface area contributed by atoms with Gasteiger partial charge in [0, 0.05) is 16.5 Å². The van der Waals surface area contributed by atoms with Crippen LogP contribution in [0.2, 0.25) is 5.02 Å². The smallest absolute Gasteiger partial charge is 0.214 e. The molecule has 3 saturated carbocycles.